The molecular formula is C77H80F10O15S4. The van der Waals surface area contributed by atoms with Gasteiger partial charge in [-0.3, -0.25) is 34.0 Å². The van der Waals surface area contributed by atoms with E-state index in [1.807, 2.05) is 6.92 Å². The van der Waals surface area contributed by atoms with Crippen molar-refractivity contribution in [2.24, 2.45) is 57.7 Å². The predicted octanol–water partition coefficient (Wildman–Crippen LogP) is 15.9. The van der Waals surface area contributed by atoms with Crippen molar-refractivity contribution in [2.45, 2.75) is 193 Å². The highest BCUT2D eigenvalue weighted by molar-refractivity contribution is 7.97. The smallest absolute Gasteiger partial charge is 0.432 e. The van der Waals surface area contributed by atoms with E-state index in [9.17, 15) is 88.6 Å². The number of rotatable bonds is 21. The second-order valence-corrected chi connectivity index (χ2v) is 34.7. The number of hydrogen-bond acceptors (Lipinski definition) is 17. The molecule has 14 rings (SSSR count). The van der Waals surface area contributed by atoms with E-state index < -0.39 is 99.5 Å². The van der Waals surface area contributed by atoms with Crippen LogP contribution < -0.4 is 10.5 Å². The molecule has 0 aliphatic heterocycles. The fraction of sp³-hybridized carbons (Fsp3) is 0.468. The number of carbonyl (C=O) groups is 5. The number of esters is 2. The van der Waals surface area contributed by atoms with Gasteiger partial charge < -0.3 is 30.2 Å². The SMILES string of the molecule is CC(CCC(=O)OC(C(F)(F)F)C(F)(F)SOO[O-])[C@H]1CC[C@H]2[C@@H]3C(=O)C[C@@H]4CC(=O)CC[C@]4(C)[C@H]3CC(=O)[C@]12C.O=C(OC(C(F)(F)F)C(F)(F)SOO[O-])C12CC3CC(O)(CC(O)(C3)C1)C2.c1ccc([S+](c2ccccc2)c2ccccc2)cc1.c1ccc([S+](c2ccccc2)c2ccccc2)cc1. The second kappa shape index (κ2) is 33.9. The van der Waals surface area contributed by atoms with Gasteiger partial charge in [0.25, 0.3) is 12.2 Å². The molecule has 2 N–H and O–H groups in total. The number of halogens is 10. The number of carbonyl (C=O) groups excluding carboxylic acids is 5. The maximum Gasteiger partial charge on any atom is 0.432 e. The topological polar surface area (TPSA) is 227 Å². The first-order valence-electron chi connectivity index (χ1n) is 34.5. The Kier molecular flexibility index (Phi) is 26.3. The minimum atomic E-state index is -5.67. The van der Waals surface area contributed by atoms with Crippen molar-refractivity contribution >= 4 is 75.2 Å². The lowest BCUT2D eigenvalue weighted by atomic mass is 9.44. The van der Waals surface area contributed by atoms with E-state index in [0.717, 1.165) is 0 Å². The number of fused-ring (bicyclic) bond motifs is 5. The van der Waals surface area contributed by atoms with Crippen LogP contribution in [0, 0.1) is 57.7 Å². The van der Waals surface area contributed by atoms with E-state index in [1.165, 1.54) is 29.4 Å². The maximum atomic E-state index is 13.9. The van der Waals surface area contributed by atoms with Gasteiger partial charge in [-0.05, 0) is 172 Å². The highest BCUT2D eigenvalue weighted by Crippen LogP contribution is 2.67. The molecule has 29 heteroatoms. The minimum absolute atomic E-state index is 0.0146. The number of benzene rings is 6. The Hall–Kier alpha value is -6.35. The first-order chi connectivity index (χ1) is 50.1. The molecule has 0 saturated heterocycles. The van der Waals surface area contributed by atoms with Crippen molar-refractivity contribution in [1.29, 1.82) is 0 Å². The van der Waals surface area contributed by atoms with Gasteiger partial charge in [0.05, 0.1) is 38.4 Å². The zero-order valence-electron chi connectivity index (χ0n) is 57.7. The fourth-order valence-electron chi connectivity index (χ4n) is 17.9. The first-order valence-corrected chi connectivity index (χ1v) is 38.4. The van der Waals surface area contributed by atoms with E-state index in [0.29, 0.717) is 38.5 Å². The van der Waals surface area contributed by atoms with Gasteiger partial charge in [-0.25, -0.2) is 0 Å². The summed E-state index contributed by atoms with van der Waals surface area (Å²) in [5.74, 6) is -4.56. The average Bonchev–Trinajstić information content (AvgIpc) is 1.14. The molecule has 0 aromatic heterocycles. The minimum Gasteiger partial charge on any atom is -0.691 e. The monoisotopic (exact) mass is 1560 g/mol. The maximum absolute atomic E-state index is 13.9. The molecule has 8 aliphatic carbocycles. The molecule has 0 radical (unpaired) electrons. The van der Waals surface area contributed by atoms with Crippen LogP contribution in [0.5, 0.6) is 0 Å². The third kappa shape index (κ3) is 18.7. The molecule has 6 aromatic rings. The van der Waals surface area contributed by atoms with Gasteiger partial charge in [-0.15, -0.1) is 0 Å². The Labute approximate surface area is 621 Å². The summed E-state index contributed by atoms with van der Waals surface area (Å²) in [6, 6.07) is 64.3. The van der Waals surface area contributed by atoms with E-state index in [4.69, 9.17) is 0 Å². The molecule has 5 unspecified atom stereocenters. The van der Waals surface area contributed by atoms with Crippen LogP contribution in [0.4, 0.5) is 43.9 Å². The molecule has 106 heavy (non-hydrogen) atoms. The standard InChI is InChI=1S/C27H35F5O8S.2C18H15S.C14H17F5O7S/c1-13(4-7-21(36)38-23(26(28,29)30)27(31,32)41-40-39-37)16-5-6-17-22-18(12-20(35)25(16,17)3)24(2)9-8-15(33)10-14(24)11-19(22)34;2*1-4-10-16(11-5-1)19(17-12-6-2-7-13-17)18-14-8-3-9-15-18;15-13(16,17)8(14(18,19)27-26-25-23)24-9(20)10-1-7-2-11(21,4-10)6-12(22,3-7)5-10/h13-14,16-18,22-23,37H,4-12H2,1-3H3;2*1-15H;7-8,21-23H,1-6H2/q;2*+1;/p-2/t13?,14-,16+,17-,18-,22-,23?,24-,25+;;;/m0.../s1. The van der Waals surface area contributed by atoms with Gasteiger partial charge in [-0.2, -0.15) is 52.6 Å². The zero-order chi connectivity index (χ0) is 76.7. The highest BCUT2D eigenvalue weighted by Gasteiger charge is 2.70. The Balaban J connectivity index is 0.000000160. The number of hydrogen-bond donors (Lipinski definition) is 2. The van der Waals surface area contributed by atoms with Crippen LogP contribution in [0.1, 0.15) is 117 Å². The summed E-state index contributed by atoms with van der Waals surface area (Å²) in [6.45, 7) is 5.69. The Morgan fingerprint density at radius 2 is 0.943 bits per heavy atom. The van der Waals surface area contributed by atoms with E-state index >= 15 is 0 Å². The van der Waals surface area contributed by atoms with Gasteiger partial charge >= 0.3 is 34.8 Å². The lowest BCUT2D eigenvalue weighted by molar-refractivity contribution is -0.777. The van der Waals surface area contributed by atoms with Crippen molar-refractivity contribution in [2.75, 3.05) is 0 Å². The van der Waals surface area contributed by atoms with Gasteiger partial charge in [0.1, 0.15) is 41.4 Å². The molecule has 6 aromatic carbocycles. The number of aliphatic hydroxyl groups is 2. The molecule has 0 heterocycles. The summed E-state index contributed by atoms with van der Waals surface area (Å²) in [4.78, 5) is 72.4. The Morgan fingerprint density at radius 3 is 1.32 bits per heavy atom. The molecule has 0 amide bonds. The third-order valence-electron chi connectivity index (χ3n) is 22.0. The van der Waals surface area contributed by atoms with E-state index in [2.05, 4.69) is 217 Å². The van der Waals surface area contributed by atoms with Crippen LogP contribution >= 0.6 is 24.1 Å². The molecule has 4 bridgehead atoms. The molecule has 8 aliphatic rings. The molecule has 572 valence electrons. The summed E-state index contributed by atoms with van der Waals surface area (Å²) in [6.07, 6.45) is -16.6. The van der Waals surface area contributed by atoms with Crippen LogP contribution in [-0.4, -0.2) is 85.8 Å². The number of ether oxygens (including phenoxy) is 2. The summed E-state index contributed by atoms with van der Waals surface area (Å²) in [5, 5.41) is 36.1. The summed E-state index contributed by atoms with van der Waals surface area (Å²) in [5.41, 5.74) is -5.77. The van der Waals surface area contributed by atoms with Crippen LogP contribution in [0.2, 0.25) is 0 Å². The van der Waals surface area contributed by atoms with Crippen LogP contribution in [-0.2, 0) is 74.0 Å². The third-order valence-corrected chi connectivity index (χ3v) is 27.6. The number of ketones is 3. The van der Waals surface area contributed by atoms with Crippen molar-refractivity contribution < 1.29 is 117 Å². The summed E-state index contributed by atoms with van der Waals surface area (Å²) >= 11 is -2.45. The lowest BCUT2D eigenvalue weighted by Crippen LogP contribution is -2.65. The normalized spacial score (nSPS) is 28.2. The first kappa shape index (κ1) is 82.2. The quantitative estimate of drug-likeness (QED) is 0.0170. The van der Waals surface area contributed by atoms with Crippen LogP contribution in [0.3, 0.4) is 0 Å². The number of Topliss-reactive ketones (excluding diaryl/α,β-unsaturated/α-hetero) is 3. The van der Waals surface area contributed by atoms with Gasteiger partial charge in [0.15, 0.2) is 29.4 Å². The van der Waals surface area contributed by atoms with Crippen molar-refractivity contribution in [3.8, 4) is 0 Å². The number of alkyl halides is 10. The molecule has 15 nitrogen and oxygen atoms in total. The molecule has 12 atom stereocenters. The average molecular weight is 1560 g/mol. The van der Waals surface area contributed by atoms with Gasteiger partial charge in [-0.1, -0.05) is 130 Å². The molecule has 8 saturated carbocycles. The van der Waals surface area contributed by atoms with E-state index in [1.54, 1.807) is 6.92 Å². The van der Waals surface area contributed by atoms with Crippen molar-refractivity contribution in [3.63, 3.8) is 0 Å². The highest BCUT2D eigenvalue weighted by atomic mass is 32.2. The second-order valence-electron chi connectivity index (χ2n) is 29.0. The van der Waals surface area contributed by atoms with Crippen LogP contribution in [0.15, 0.2) is 211 Å². The molecule has 8 fully saturated rings. The van der Waals surface area contributed by atoms with Crippen molar-refractivity contribution in [3.05, 3.63) is 182 Å². The molecular weight excluding hydrogens is 1480 g/mol. The Morgan fingerprint density at radius 1 is 0.547 bits per heavy atom. The van der Waals surface area contributed by atoms with Gasteiger partial charge in [0, 0.05) is 49.9 Å². The largest absolute Gasteiger partial charge is 0.691 e. The summed E-state index contributed by atoms with van der Waals surface area (Å²) in [7, 11) is -0.0293. The predicted molar refractivity (Wildman–Crippen MR) is 367 cm³/mol. The Bertz CT molecular complexity index is 3610. The van der Waals surface area contributed by atoms with Gasteiger partial charge in [0.2, 0.25) is 0 Å². The zero-order valence-corrected chi connectivity index (χ0v) is 61.0. The van der Waals surface area contributed by atoms with Crippen molar-refractivity contribution in [1.82, 2.24) is 0 Å². The fourth-order valence-corrected chi connectivity index (χ4v) is 22.9. The summed E-state index contributed by atoms with van der Waals surface area (Å²) < 4.78 is 149. The van der Waals surface area contributed by atoms with Crippen LogP contribution in [0.25, 0.3) is 0 Å². The lowest BCUT2D eigenvalue weighted by Gasteiger charge is -2.62. The van der Waals surface area contributed by atoms with E-state index in [-0.39, 0.29) is 137 Å². The molecule has 0 spiro atoms.